The molecule has 4 heteroatoms. The number of benzene rings is 1. The number of hydrogen-bond acceptors (Lipinski definition) is 2. The van der Waals surface area contributed by atoms with Gasteiger partial charge in [0.15, 0.2) is 0 Å². The Hall–Kier alpha value is -1.32. The predicted molar refractivity (Wildman–Crippen MR) is 65.5 cm³/mol. The fraction of sp³-hybridized carbons (Fsp3) is 0.231. The first-order valence-electron chi connectivity index (χ1n) is 5.43. The molecule has 0 saturated heterocycles. The highest BCUT2D eigenvalue weighted by molar-refractivity contribution is 6.30. The maximum Gasteiger partial charge on any atom is 0.146 e. The first-order chi connectivity index (χ1) is 8.27. The van der Waals surface area contributed by atoms with Gasteiger partial charge in [-0.25, -0.2) is 4.39 Å². The van der Waals surface area contributed by atoms with Crippen LogP contribution in [0.5, 0.6) is 0 Å². The van der Waals surface area contributed by atoms with Crippen LogP contribution < -0.4 is 5.32 Å². The van der Waals surface area contributed by atoms with Gasteiger partial charge in [-0.05, 0) is 18.2 Å². The van der Waals surface area contributed by atoms with E-state index >= 15 is 0 Å². The highest BCUT2D eigenvalue weighted by Gasteiger charge is 2.05. The van der Waals surface area contributed by atoms with Crippen molar-refractivity contribution in [3.63, 3.8) is 0 Å². The standard InChI is InChI=1S/C13H13ClFNO/c14-12-5-1-3-10(13(12)15)9-16-7-6-11-4-2-8-17-11/h1-5,8,16H,6-7,9H2. The third-order valence-electron chi connectivity index (χ3n) is 2.48. The van der Waals surface area contributed by atoms with Crippen molar-refractivity contribution < 1.29 is 8.81 Å². The third-order valence-corrected chi connectivity index (χ3v) is 2.77. The van der Waals surface area contributed by atoms with Crippen LogP contribution in [0.3, 0.4) is 0 Å². The van der Waals surface area contributed by atoms with Crippen molar-refractivity contribution in [3.05, 3.63) is 58.8 Å². The zero-order valence-electron chi connectivity index (χ0n) is 9.25. The zero-order valence-corrected chi connectivity index (χ0v) is 10.0. The molecule has 0 aliphatic heterocycles. The van der Waals surface area contributed by atoms with Crippen LogP contribution in [-0.2, 0) is 13.0 Å². The summed E-state index contributed by atoms with van der Waals surface area (Å²) in [5.41, 5.74) is 0.581. The second-order valence-electron chi connectivity index (χ2n) is 3.72. The van der Waals surface area contributed by atoms with E-state index in [9.17, 15) is 4.39 Å². The van der Waals surface area contributed by atoms with E-state index in [0.29, 0.717) is 12.1 Å². The number of rotatable bonds is 5. The maximum absolute atomic E-state index is 13.5. The normalized spacial score (nSPS) is 10.7. The fourth-order valence-corrected chi connectivity index (χ4v) is 1.77. The van der Waals surface area contributed by atoms with E-state index in [2.05, 4.69) is 5.32 Å². The van der Waals surface area contributed by atoms with Crippen LogP contribution in [0.15, 0.2) is 41.0 Å². The van der Waals surface area contributed by atoms with E-state index in [-0.39, 0.29) is 10.8 Å². The predicted octanol–water partition coefficient (Wildman–Crippen LogP) is 3.40. The molecule has 0 fully saturated rings. The van der Waals surface area contributed by atoms with Gasteiger partial charge in [-0.15, -0.1) is 0 Å². The lowest BCUT2D eigenvalue weighted by Crippen LogP contribution is -2.17. The molecule has 0 spiro atoms. The highest BCUT2D eigenvalue weighted by Crippen LogP contribution is 2.17. The summed E-state index contributed by atoms with van der Waals surface area (Å²) in [6.07, 6.45) is 2.43. The lowest BCUT2D eigenvalue weighted by Gasteiger charge is -2.05. The quantitative estimate of drug-likeness (QED) is 0.827. The molecule has 0 unspecified atom stereocenters. The van der Waals surface area contributed by atoms with Crippen molar-refractivity contribution >= 4 is 11.6 Å². The van der Waals surface area contributed by atoms with Crippen molar-refractivity contribution in [2.24, 2.45) is 0 Å². The average Bonchev–Trinajstić information content (AvgIpc) is 2.83. The Balaban J connectivity index is 1.80. The monoisotopic (exact) mass is 253 g/mol. The van der Waals surface area contributed by atoms with Crippen molar-refractivity contribution in [3.8, 4) is 0 Å². The number of nitrogens with one attached hydrogen (secondary N) is 1. The van der Waals surface area contributed by atoms with E-state index in [1.807, 2.05) is 12.1 Å². The second kappa shape index (κ2) is 5.84. The lowest BCUT2D eigenvalue weighted by molar-refractivity contribution is 0.497. The molecule has 0 amide bonds. The Morgan fingerprint density at radius 2 is 2.12 bits per heavy atom. The molecule has 0 aliphatic rings. The first-order valence-corrected chi connectivity index (χ1v) is 5.81. The average molecular weight is 254 g/mol. The van der Waals surface area contributed by atoms with Gasteiger partial charge in [-0.1, -0.05) is 23.7 Å². The summed E-state index contributed by atoms with van der Waals surface area (Å²) in [6, 6.07) is 8.78. The molecule has 0 atom stereocenters. The van der Waals surface area contributed by atoms with Crippen LogP contribution in [-0.4, -0.2) is 6.54 Å². The van der Waals surface area contributed by atoms with Crippen molar-refractivity contribution in [2.75, 3.05) is 6.54 Å². The van der Waals surface area contributed by atoms with Gasteiger partial charge in [0.2, 0.25) is 0 Å². The Kier molecular flexibility index (Phi) is 4.18. The minimum absolute atomic E-state index is 0.162. The molecule has 90 valence electrons. The van der Waals surface area contributed by atoms with Gasteiger partial charge >= 0.3 is 0 Å². The Morgan fingerprint density at radius 3 is 2.88 bits per heavy atom. The smallest absolute Gasteiger partial charge is 0.146 e. The van der Waals surface area contributed by atoms with Crippen LogP contribution in [0.1, 0.15) is 11.3 Å². The van der Waals surface area contributed by atoms with Gasteiger partial charge in [-0.2, -0.15) is 0 Å². The van der Waals surface area contributed by atoms with Gasteiger partial charge in [-0.3, -0.25) is 0 Å². The molecule has 1 N–H and O–H groups in total. The number of furan rings is 1. The largest absolute Gasteiger partial charge is 0.469 e. The summed E-state index contributed by atoms with van der Waals surface area (Å²) in [5, 5.41) is 3.31. The molecule has 1 aromatic carbocycles. The molecule has 17 heavy (non-hydrogen) atoms. The topological polar surface area (TPSA) is 25.2 Å². The molecule has 2 rings (SSSR count). The van der Waals surface area contributed by atoms with Gasteiger partial charge in [0.25, 0.3) is 0 Å². The molecule has 0 bridgehead atoms. The molecule has 1 heterocycles. The van der Waals surface area contributed by atoms with Crippen molar-refractivity contribution in [1.29, 1.82) is 0 Å². The molecular formula is C13H13ClFNO. The maximum atomic E-state index is 13.5. The van der Waals surface area contributed by atoms with Crippen LogP contribution in [0.4, 0.5) is 4.39 Å². The van der Waals surface area contributed by atoms with Crippen molar-refractivity contribution in [1.82, 2.24) is 5.32 Å². The van der Waals surface area contributed by atoms with Gasteiger partial charge in [0.1, 0.15) is 11.6 Å². The van der Waals surface area contributed by atoms with E-state index in [4.69, 9.17) is 16.0 Å². The summed E-state index contributed by atoms with van der Waals surface area (Å²) >= 11 is 5.69. The summed E-state index contributed by atoms with van der Waals surface area (Å²) in [5.74, 6) is 0.573. The molecule has 2 nitrogen and oxygen atoms in total. The third kappa shape index (κ3) is 3.32. The van der Waals surface area contributed by atoms with Gasteiger partial charge in [0, 0.05) is 25.1 Å². The Bertz CT molecular complexity index is 470. The molecule has 0 saturated carbocycles. The minimum Gasteiger partial charge on any atom is -0.469 e. The highest BCUT2D eigenvalue weighted by atomic mass is 35.5. The first kappa shape index (κ1) is 12.1. The SMILES string of the molecule is Fc1c(Cl)cccc1CNCCc1ccco1. The summed E-state index contributed by atoms with van der Waals surface area (Å²) in [4.78, 5) is 0. The number of halogens is 2. The summed E-state index contributed by atoms with van der Waals surface area (Å²) < 4.78 is 18.7. The second-order valence-corrected chi connectivity index (χ2v) is 4.13. The van der Waals surface area contributed by atoms with E-state index < -0.39 is 0 Å². The van der Waals surface area contributed by atoms with E-state index in [1.165, 1.54) is 0 Å². The van der Waals surface area contributed by atoms with Crippen LogP contribution in [0.25, 0.3) is 0 Å². The summed E-state index contributed by atoms with van der Waals surface area (Å²) in [6.45, 7) is 1.20. The Morgan fingerprint density at radius 1 is 1.24 bits per heavy atom. The molecule has 0 aliphatic carbocycles. The fourth-order valence-electron chi connectivity index (χ4n) is 1.57. The zero-order chi connectivity index (χ0) is 12.1. The van der Waals surface area contributed by atoms with Crippen LogP contribution >= 0.6 is 11.6 Å². The molecule has 0 radical (unpaired) electrons. The van der Waals surface area contributed by atoms with E-state index in [0.717, 1.165) is 18.7 Å². The van der Waals surface area contributed by atoms with Gasteiger partial charge in [0.05, 0.1) is 11.3 Å². The van der Waals surface area contributed by atoms with Gasteiger partial charge < -0.3 is 9.73 Å². The lowest BCUT2D eigenvalue weighted by atomic mass is 10.2. The minimum atomic E-state index is -0.348. The summed E-state index contributed by atoms with van der Waals surface area (Å²) in [7, 11) is 0. The van der Waals surface area contributed by atoms with Crippen LogP contribution in [0.2, 0.25) is 5.02 Å². The van der Waals surface area contributed by atoms with E-state index in [1.54, 1.807) is 24.5 Å². The molecular weight excluding hydrogens is 241 g/mol. The number of hydrogen-bond donors (Lipinski definition) is 1. The van der Waals surface area contributed by atoms with Crippen molar-refractivity contribution in [2.45, 2.75) is 13.0 Å². The van der Waals surface area contributed by atoms with Crippen LogP contribution in [0, 0.1) is 5.82 Å². The Labute approximate surface area is 104 Å². The molecule has 2 aromatic rings. The molecule has 1 aromatic heterocycles.